The Hall–Kier alpha value is -6.87. The van der Waals surface area contributed by atoms with Gasteiger partial charge in [-0.15, -0.1) is 0 Å². The van der Waals surface area contributed by atoms with Gasteiger partial charge in [0.1, 0.15) is 0 Å². The van der Waals surface area contributed by atoms with Gasteiger partial charge >= 0.3 is 18.3 Å². The summed E-state index contributed by atoms with van der Waals surface area (Å²) in [6.07, 6.45) is -3.83. The van der Waals surface area contributed by atoms with E-state index in [1.165, 1.54) is 0 Å². The van der Waals surface area contributed by atoms with Crippen molar-refractivity contribution in [2.24, 2.45) is 0 Å². The summed E-state index contributed by atoms with van der Waals surface area (Å²) >= 11 is 0. The van der Waals surface area contributed by atoms with Crippen molar-refractivity contribution >= 4 is 67.7 Å². The molecule has 9 nitrogen and oxygen atoms in total. The minimum Gasteiger partial charge on any atom is -0.436 e. The van der Waals surface area contributed by atoms with Crippen LogP contribution in [0.3, 0.4) is 0 Å². The number of ether oxygens (including phenoxy) is 3. The molecule has 0 radical (unpaired) electrons. The highest BCUT2D eigenvalue weighted by atomic mass is 16.6. The van der Waals surface area contributed by atoms with E-state index in [0.29, 0.717) is 17.1 Å². The molecule has 0 saturated carbocycles. The van der Waals surface area contributed by atoms with Crippen LogP contribution in [0.15, 0.2) is 127 Å². The van der Waals surface area contributed by atoms with Gasteiger partial charge in [-0.25, -0.2) is 14.4 Å². The lowest BCUT2D eigenvalue weighted by Crippen LogP contribution is -2.18. The molecule has 3 N–H and O–H groups in total. The van der Waals surface area contributed by atoms with Gasteiger partial charge in [-0.1, -0.05) is 91.0 Å². The highest BCUT2D eigenvalue weighted by molar-refractivity contribution is 6.34. The molecule has 51 heavy (non-hydrogen) atoms. The van der Waals surface area contributed by atoms with E-state index >= 15 is 0 Å². The molecule has 0 saturated heterocycles. The summed E-state index contributed by atoms with van der Waals surface area (Å²) in [5.41, 5.74) is 6.88. The van der Waals surface area contributed by atoms with Gasteiger partial charge in [0.2, 0.25) is 0 Å². The van der Waals surface area contributed by atoms with Gasteiger partial charge in [0.15, 0.2) is 18.3 Å². The lowest BCUT2D eigenvalue weighted by atomic mass is 9.95. The van der Waals surface area contributed by atoms with E-state index in [4.69, 9.17) is 14.2 Å². The number of nitrogens with one attached hydrogen (secondary N) is 3. The molecule has 0 atom stereocenters. The molecule has 246 valence electrons. The minimum absolute atomic E-state index is 0.582. The number of anilines is 3. The summed E-state index contributed by atoms with van der Waals surface area (Å²) in [4.78, 5) is 40.0. The maximum absolute atomic E-state index is 13.3. The van der Waals surface area contributed by atoms with Gasteiger partial charge in [-0.3, -0.25) is 16.0 Å². The number of carbonyl (C=O) groups excluding carboxylic acids is 3. The Morgan fingerprint density at radius 2 is 0.549 bits per heavy atom. The zero-order chi connectivity index (χ0) is 34.2. The molecular formula is C42H27N3O6. The minimum atomic E-state index is -0.696. The Bertz CT molecular complexity index is 2200. The van der Waals surface area contributed by atoms with Gasteiger partial charge in [-0.05, 0) is 68.7 Å². The molecule has 0 aliphatic heterocycles. The van der Waals surface area contributed by atoms with E-state index < -0.39 is 36.6 Å². The van der Waals surface area contributed by atoms with E-state index in [1.807, 2.05) is 91.0 Å². The van der Waals surface area contributed by atoms with Crippen molar-refractivity contribution in [2.75, 3.05) is 16.0 Å². The third kappa shape index (κ3) is 4.44. The third-order valence-corrected chi connectivity index (χ3v) is 9.99. The van der Waals surface area contributed by atoms with Crippen molar-refractivity contribution in [1.82, 2.24) is 0 Å². The number of carbonyl (C=O) groups is 3. The van der Waals surface area contributed by atoms with Crippen molar-refractivity contribution in [3.05, 3.63) is 161 Å². The fraction of sp³-hybridized carbons (Fsp3) is 0.0714. The molecule has 9 heteroatoms. The molecule has 7 aromatic carbocycles. The van der Waals surface area contributed by atoms with Crippen LogP contribution in [0.1, 0.15) is 51.7 Å². The van der Waals surface area contributed by atoms with Gasteiger partial charge in [0, 0.05) is 50.4 Å². The maximum Gasteiger partial charge on any atom is 0.412 e. The molecule has 10 rings (SSSR count). The van der Waals surface area contributed by atoms with Crippen LogP contribution in [0.4, 0.5) is 31.4 Å². The number of hydrogen-bond donors (Lipinski definition) is 3. The highest BCUT2D eigenvalue weighted by Gasteiger charge is 2.43. The molecular weight excluding hydrogens is 642 g/mol. The van der Waals surface area contributed by atoms with Crippen molar-refractivity contribution in [2.45, 2.75) is 18.3 Å². The first-order valence-electron chi connectivity index (χ1n) is 16.6. The summed E-state index contributed by atoms with van der Waals surface area (Å²) in [5.74, 6) is 0. The maximum atomic E-state index is 13.3. The first-order valence-corrected chi connectivity index (χ1v) is 16.6. The second-order valence-corrected chi connectivity index (χ2v) is 12.8. The fourth-order valence-corrected chi connectivity index (χ4v) is 8.04. The average molecular weight is 670 g/mol. The molecule has 0 spiro atoms. The largest absolute Gasteiger partial charge is 0.436 e. The van der Waals surface area contributed by atoms with Crippen LogP contribution in [-0.2, 0) is 14.2 Å². The van der Waals surface area contributed by atoms with E-state index in [2.05, 4.69) is 16.0 Å². The predicted molar refractivity (Wildman–Crippen MR) is 194 cm³/mol. The Labute approximate surface area is 290 Å². The van der Waals surface area contributed by atoms with E-state index in [-0.39, 0.29) is 0 Å². The number of benzene rings is 7. The Kier molecular flexibility index (Phi) is 6.32. The average Bonchev–Trinajstić information content (AvgIpc) is 3.75. The monoisotopic (exact) mass is 669 g/mol. The van der Waals surface area contributed by atoms with Crippen LogP contribution in [0.2, 0.25) is 0 Å². The molecule has 3 aliphatic rings. The third-order valence-electron chi connectivity index (χ3n) is 9.99. The molecule has 0 fully saturated rings. The zero-order valence-corrected chi connectivity index (χ0v) is 26.8. The van der Waals surface area contributed by atoms with Crippen LogP contribution >= 0.6 is 0 Å². The van der Waals surface area contributed by atoms with Gasteiger partial charge in [0.25, 0.3) is 0 Å². The number of para-hydroxylation sites is 3. The quantitative estimate of drug-likeness (QED) is 0.120. The van der Waals surface area contributed by atoms with Gasteiger partial charge < -0.3 is 14.2 Å². The van der Waals surface area contributed by atoms with Gasteiger partial charge in [-0.2, -0.15) is 0 Å². The van der Waals surface area contributed by atoms with Crippen molar-refractivity contribution in [3.63, 3.8) is 0 Å². The SMILES string of the molecule is O=C(Nc1ccccc1)OC1c2ccc3c4c2c2c1ccc1c2c2c(ccc(c42)C3OC(=O)Nc2ccccc2)C1OC(=O)Nc1ccccc1. The molecule has 3 aliphatic carbocycles. The normalized spacial score (nSPS) is 17.1. The van der Waals surface area contributed by atoms with E-state index in [1.54, 1.807) is 36.4 Å². The molecule has 0 heterocycles. The van der Waals surface area contributed by atoms with Crippen LogP contribution < -0.4 is 16.0 Å². The molecule has 3 amide bonds. The van der Waals surface area contributed by atoms with E-state index in [0.717, 1.165) is 65.7 Å². The molecule has 0 bridgehead atoms. The lowest BCUT2D eigenvalue weighted by Gasteiger charge is -2.18. The summed E-state index contributed by atoms with van der Waals surface area (Å²) in [5, 5.41) is 14.1. The Balaban J connectivity index is 1.11. The number of amides is 3. The van der Waals surface area contributed by atoms with E-state index in [9.17, 15) is 14.4 Å². The van der Waals surface area contributed by atoms with Crippen molar-refractivity contribution < 1.29 is 28.6 Å². The zero-order valence-electron chi connectivity index (χ0n) is 26.8. The second-order valence-electron chi connectivity index (χ2n) is 12.8. The van der Waals surface area contributed by atoms with Crippen molar-refractivity contribution in [3.8, 4) is 0 Å². The van der Waals surface area contributed by atoms with Crippen molar-refractivity contribution in [1.29, 1.82) is 0 Å². The van der Waals surface area contributed by atoms with Crippen LogP contribution in [0, 0.1) is 0 Å². The second kappa shape index (κ2) is 11.1. The Morgan fingerprint density at radius 1 is 0.333 bits per heavy atom. The summed E-state index contributed by atoms with van der Waals surface area (Å²) in [7, 11) is 0. The highest BCUT2D eigenvalue weighted by Crippen LogP contribution is 2.60. The first kappa shape index (κ1) is 29.1. The summed E-state index contributed by atoms with van der Waals surface area (Å²) in [6, 6.07) is 39.2. The molecule has 0 unspecified atom stereocenters. The standard InChI is InChI=1S/C42H27N3O6/c46-40(43-22-10-4-1-5-11-22)49-37-25-16-18-27-33-31(25)32-26(37)17-19-28-34(32)36-30(39(28)51-42(48)45-24-14-8-3-9-15-24)21-20-29(35(33)36)38(27)50-41(47)44-23-12-6-2-7-13-23/h1-21,37-39H,(H,43,46)(H,44,47)(H,45,48). The summed E-state index contributed by atoms with van der Waals surface area (Å²) in [6.45, 7) is 0. The number of rotatable bonds is 6. The van der Waals surface area contributed by atoms with Crippen LogP contribution in [-0.4, -0.2) is 18.3 Å². The molecule has 7 aromatic rings. The Morgan fingerprint density at radius 3 is 0.765 bits per heavy atom. The number of hydrogen-bond acceptors (Lipinski definition) is 6. The lowest BCUT2D eigenvalue weighted by molar-refractivity contribution is 0.131. The summed E-state index contributed by atoms with van der Waals surface area (Å²) < 4.78 is 18.6. The predicted octanol–water partition coefficient (Wildman–Crippen LogP) is 10.1. The van der Waals surface area contributed by atoms with Crippen LogP contribution in [0.25, 0.3) is 32.3 Å². The van der Waals surface area contributed by atoms with Crippen LogP contribution in [0.5, 0.6) is 0 Å². The smallest absolute Gasteiger partial charge is 0.412 e. The first-order chi connectivity index (χ1) is 25.0. The topological polar surface area (TPSA) is 115 Å². The fourth-order valence-electron chi connectivity index (χ4n) is 8.04. The van der Waals surface area contributed by atoms with Gasteiger partial charge in [0.05, 0.1) is 0 Å². The molecule has 0 aromatic heterocycles.